The Morgan fingerprint density at radius 2 is 1.89 bits per heavy atom. The first-order valence-electron chi connectivity index (χ1n) is 9.32. The van der Waals surface area contributed by atoms with Gasteiger partial charge in [0.2, 0.25) is 0 Å². The average Bonchev–Trinajstić information content (AvgIpc) is 3.28. The normalized spacial score (nSPS) is 17.5. The van der Waals surface area contributed by atoms with Crippen LogP contribution in [0.1, 0.15) is 34.7 Å². The fourth-order valence-corrected chi connectivity index (χ4v) is 4.78. The first kappa shape index (κ1) is 17.8. The Labute approximate surface area is 162 Å². The van der Waals surface area contributed by atoms with Gasteiger partial charge < -0.3 is 14.4 Å². The zero-order chi connectivity index (χ0) is 19.0. The molecule has 0 unspecified atom stereocenters. The van der Waals surface area contributed by atoms with E-state index >= 15 is 0 Å². The minimum absolute atomic E-state index is 0.0124. The monoisotopic (exact) mass is 381 g/mol. The molecule has 0 spiro atoms. The van der Waals surface area contributed by atoms with Gasteiger partial charge in [-0.05, 0) is 43.5 Å². The number of aryl methyl sites for hydroxylation is 1. The predicted molar refractivity (Wildman–Crippen MR) is 108 cm³/mol. The summed E-state index contributed by atoms with van der Waals surface area (Å²) in [7, 11) is 0. The summed E-state index contributed by atoms with van der Waals surface area (Å²) in [6, 6.07) is 13.4. The van der Waals surface area contributed by atoms with Gasteiger partial charge in [0.1, 0.15) is 10.5 Å². The van der Waals surface area contributed by atoms with E-state index in [1.54, 1.807) is 11.3 Å². The van der Waals surface area contributed by atoms with E-state index < -0.39 is 0 Å². The zero-order valence-electron chi connectivity index (χ0n) is 15.6. The fraction of sp³-hybridized carbons (Fsp3) is 0.333. The van der Waals surface area contributed by atoms with E-state index in [-0.39, 0.29) is 17.9 Å². The molecule has 6 heteroatoms. The van der Waals surface area contributed by atoms with E-state index in [2.05, 4.69) is 22.9 Å². The van der Waals surface area contributed by atoms with Crippen LogP contribution in [0.4, 0.5) is 0 Å². The molecule has 1 fully saturated rings. The van der Waals surface area contributed by atoms with Crippen LogP contribution in [0.15, 0.2) is 47.8 Å². The summed E-state index contributed by atoms with van der Waals surface area (Å²) in [6.45, 7) is 6.52. The molecule has 2 aromatic heterocycles. The minimum Gasteiger partial charge on any atom is -0.334 e. The molecule has 1 atom stereocenters. The van der Waals surface area contributed by atoms with Gasteiger partial charge >= 0.3 is 0 Å². The highest BCUT2D eigenvalue weighted by atomic mass is 32.1. The molecule has 0 bridgehead atoms. The van der Waals surface area contributed by atoms with E-state index in [0.717, 1.165) is 22.5 Å². The van der Waals surface area contributed by atoms with Gasteiger partial charge in [-0.3, -0.25) is 9.59 Å². The summed E-state index contributed by atoms with van der Waals surface area (Å²) in [5, 5.41) is 3.18. The molecule has 1 saturated heterocycles. The molecule has 1 aliphatic heterocycles. The summed E-state index contributed by atoms with van der Waals surface area (Å²) in [5.41, 5.74) is 1.44. The molecule has 1 aromatic carbocycles. The van der Waals surface area contributed by atoms with E-state index in [0.29, 0.717) is 25.2 Å². The Morgan fingerprint density at radius 1 is 1.11 bits per heavy atom. The van der Waals surface area contributed by atoms with Crippen molar-refractivity contribution < 1.29 is 9.59 Å². The lowest BCUT2D eigenvalue weighted by Gasteiger charge is -2.40. The van der Waals surface area contributed by atoms with Crippen LogP contribution in [-0.4, -0.2) is 51.9 Å². The first-order chi connectivity index (χ1) is 13.1. The van der Waals surface area contributed by atoms with Gasteiger partial charge in [0.25, 0.3) is 11.8 Å². The summed E-state index contributed by atoms with van der Waals surface area (Å²) in [6.07, 6.45) is 0. The van der Waals surface area contributed by atoms with Crippen molar-refractivity contribution in [1.82, 2.24) is 14.4 Å². The second-order valence-electron chi connectivity index (χ2n) is 6.92. The Bertz CT molecular complexity index is 976. The molecule has 140 valence electrons. The van der Waals surface area contributed by atoms with Crippen molar-refractivity contribution in [3.63, 3.8) is 0 Å². The van der Waals surface area contributed by atoms with Crippen LogP contribution in [0.5, 0.6) is 0 Å². The summed E-state index contributed by atoms with van der Waals surface area (Å²) < 4.78 is 2.09. The number of aromatic nitrogens is 1. The van der Waals surface area contributed by atoms with Crippen molar-refractivity contribution in [2.45, 2.75) is 26.4 Å². The number of fused-ring (bicyclic) bond motifs is 1. The number of hydrogen-bond donors (Lipinski definition) is 0. The number of benzene rings is 1. The second-order valence-corrected chi connectivity index (χ2v) is 7.81. The molecule has 5 nitrogen and oxygen atoms in total. The molecule has 1 aliphatic rings. The summed E-state index contributed by atoms with van der Waals surface area (Å²) in [4.78, 5) is 30.8. The maximum Gasteiger partial charge on any atom is 0.270 e. The number of nitrogens with zero attached hydrogens (tertiary/aromatic N) is 3. The average molecular weight is 382 g/mol. The van der Waals surface area contributed by atoms with Crippen LogP contribution in [0.2, 0.25) is 0 Å². The lowest BCUT2D eigenvalue weighted by Crippen LogP contribution is -2.55. The number of piperazine rings is 1. The lowest BCUT2D eigenvalue weighted by atomic mass is 10.1. The Kier molecular flexibility index (Phi) is 4.74. The van der Waals surface area contributed by atoms with Gasteiger partial charge in [-0.15, -0.1) is 11.3 Å². The number of rotatable bonds is 3. The van der Waals surface area contributed by atoms with Gasteiger partial charge in [-0.1, -0.05) is 18.2 Å². The first-order valence-corrected chi connectivity index (χ1v) is 10.2. The predicted octanol–water partition coefficient (Wildman–Crippen LogP) is 3.71. The van der Waals surface area contributed by atoms with Crippen LogP contribution in [0, 0.1) is 0 Å². The quantitative estimate of drug-likeness (QED) is 0.694. The number of carbonyl (C=O) groups excluding carboxylic acids is 2. The van der Waals surface area contributed by atoms with Crippen LogP contribution < -0.4 is 0 Å². The van der Waals surface area contributed by atoms with Crippen molar-refractivity contribution in [2.75, 3.05) is 19.6 Å². The Balaban J connectivity index is 1.51. The topological polar surface area (TPSA) is 45.6 Å². The summed E-state index contributed by atoms with van der Waals surface area (Å²) >= 11 is 1.67. The van der Waals surface area contributed by atoms with Gasteiger partial charge in [-0.2, -0.15) is 0 Å². The van der Waals surface area contributed by atoms with Crippen molar-refractivity contribution in [1.29, 1.82) is 0 Å². The van der Waals surface area contributed by atoms with E-state index in [1.807, 2.05) is 53.1 Å². The van der Waals surface area contributed by atoms with Gasteiger partial charge in [0, 0.05) is 43.2 Å². The zero-order valence-corrected chi connectivity index (χ0v) is 16.4. The number of carbonyl (C=O) groups is 2. The molecule has 4 rings (SSSR count). The van der Waals surface area contributed by atoms with Crippen LogP contribution in [0.25, 0.3) is 10.2 Å². The number of hydrogen-bond acceptors (Lipinski definition) is 3. The maximum absolute atomic E-state index is 13.1. The number of amides is 2. The van der Waals surface area contributed by atoms with Crippen LogP contribution >= 0.6 is 11.3 Å². The van der Waals surface area contributed by atoms with Crippen molar-refractivity contribution in [2.24, 2.45) is 0 Å². The molecule has 2 amide bonds. The molecule has 27 heavy (non-hydrogen) atoms. The standard InChI is InChI=1S/C21H23N3O2S/c1-3-23-18(13-17-9-12-27-21(17)23)20(26)22-10-11-24(15(2)14-22)19(25)16-7-5-4-6-8-16/h4-9,12-13,15H,3,10-11,14H2,1-2H3/t15-/m1/s1. The Hall–Kier alpha value is -2.60. The van der Waals surface area contributed by atoms with E-state index in [4.69, 9.17) is 0 Å². The molecule has 0 saturated carbocycles. The third kappa shape index (κ3) is 3.14. The molecule has 0 radical (unpaired) electrons. The van der Waals surface area contributed by atoms with Crippen LogP contribution in [0.3, 0.4) is 0 Å². The molecule has 3 aromatic rings. The third-order valence-electron chi connectivity index (χ3n) is 5.23. The largest absolute Gasteiger partial charge is 0.334 e. The fourth-order valence-electron chi connectivity index (χ4n) is 3.82. The molecule has 3 heterocycles. The highest BCUT2D eigenvalue weighted by Crippen LogP contribution is 2.27. The minimum atomic E-state index is -0.0124. The highest BCUT2D eigenvalue weighted by Gasteiger charge is 2.31. The number of thiophene rings is 1. The van der Waals surface area contributed by atoms with E-state index in [9.17, 15) is 9.59 Å². The maximum atomic E-state index is 13.1. The van der Waals surface area contributed by atoms with Gasteiger partial charge in [-0.25, -0.2) is 0 Å². The summed E-state index contributed by atoms with van der Waals surface area (Å²) in [5.74, 6) is 0.0894. The van der Waals surface area contributed by atoms with Gasteiger partial charge in [0.15, 0.2) is 0 Å². The lowest BCUT2D eigenvalue weighted by molar-refractivity contribution is 0.0409. The van der Waals surface area contributed by atoms with Crippen LogP contribution in [-0.2, 0) is 6.54 Å². The second kappa shape index (κ2) is 7.19. The Morgan fingerprint density at radius 3 is 2.59 bits per heavy atom. The van der Waals surface area contributed by atoms with E-state index in [1.165, 1.54) is 0 Å². The van der Waals surface area contributed by atoms with Crippen molar-refractivity contribution >= 4 is 33.4 Å². The molecular formula is C21H23N3O2S. The highest BCUT2D eigenvalue weighted by molar-refractivity contribution is 7.16. The molecule has 0 aliphatic carbocycles. The van der Waals surface area contributed by atoms with Gasteiger partial charge in [0.05, 0.1) is 0 Å². The van der Waals surface area contributed by atoms with Crippen molar-refractivity contribution in [3.8, 4) is 0 Å². The molecular weight excluding hydrogens is 358 g/mol. The molecule has 0 N–H and O–H groups in total. The smallest absolute Gasteiger partial charge is 0.270 e. The van der Waals surface area contributed by atoms with Crippen molar-refractivity contribution in [3.05, 3.63) is 59.1 Å². The SMILES string of the molecule is CCn1c(C(=O)N2CCN(C(=O)c3ccccc3)[C@H](C)C2)cc2ccsc21. The third-order valence-corrected chi connectivity index (χ3v) is 6.19.